The standard InChI is InChI=1S/C14H18N2O3/c1-19-12-4-2-11(3-5-12)13(18)10-14-15-6-7-16(14)8-9-17/h2-5,10,15,17H,6-9H2,1H3/b14-10+. The highest BCUT2D eigenvalue weighted by Crippen LogP contribution is 2.14. The average Bonchev–Trinajstić information content (AvgIpc) is 2.86. The van der Waals surface area contributed by atoms with Crippen LogP contribution in [-0.2, 0) is 0 Å². The fourth-order valence-electron chi connectivity index (χ4n) is 2.01. The molecule has 0 amide bonds. The Kier molecular flexibility index (Phi) is 4.41. The average molecular weight is 262 g/mol. The van der Waals surface area contributed by atoms with Crippen LogP contribution in [0.15, 0.2) is 36.2 Å². The number of aliphatic hydroxyl groups is 1. The molecule has 5 nitrogen and oxygen atoms in total. The van der Waals surface area contributed by atoms with Crippen molar-refractivity contribution in [2.24, 2.45) is 0 Å². The van der Waals surface area contributed by atoms with E-state index in [2.05, 4.69) is 5.32 Å². The normalized spacial score (nSPS) is 16.5. The van der Waals surface area contributed by atoms with Gasteiger partial charge in [0.1, 0.15) is 11.6 Å². The minimum Gasteiger partial charge on any atom is -0.497 e. The van der Waals surface area contributed by atoms with E-state index in [0.717, 1.165) is 24.7 Å². The third kappa shape index (κ3) is 3.26. The molecule has 5 heteroatoms. The van der Waals surface area contributed by atoms with E-state index in [4.69, 9.17) is 9.84 Å². The fourth-order valence-corrected chi connectivity index (χ4v) is 2.01. The van der Waals surface area contributed by atoms with E-state index in [1.165, 1.54) is 0 Å². The van der Waals surface area contributed by atoms with Crippen LogP contribution in [0.5, 0.6) is 5.75 Å². The van der Waals surface area contributed by atoms with Crippen molar-refractivity contribution in [3.8, 4) is 5.75 Å². The summed E-state index contributed by atoms with van der Waals surface area (Å²) in [5.74, 6) is 1.44. The van der Waals surface area contributed by atoms with Crippen LogP contribution in [0.4, 0.5) is 0 Å². The van der Waals surface area contributed by atoms with Gasteiger partial charge in [-0.05, 0) is 24.3 Å². The van der Waals surface area contributed by atoms with E-state index in [1.54, 1.807) is 37.5 Å². The van der Waals surface area contributed by atoms with Gasteiger partial charge in [0.15, 0.2) is 5.78 Å². The maximum atomic E-state index is 12.1. The first-order valence-corrected chi connectivity index (χ1v) is 6.24. The highest BCUT2D eigenvalue weighted by Gasteiger charge is 2.17. The largest absolute Gasteiger partial charge is 0.497 e. The van der Waals surface area contributed by atoms with Gasteiger partial charge in [-0.15, -0.1) is 0 Å². The fraction of sp³-hybridized carbons (Fsp3) is 0.357. The maximum Gasteiger partial charge on any atom is 0.189 e. The predicted octanol–water partition coefficient (Wildman–Crippen LogP) is 0.617. The maximum absolute atomic E-state index is 12.1. The lowest BCUT2D eigenvalue weighted by Crippen LogP contribution is -2.24. The Morgan fingerprint density at radius 1 is 1.47 bits per heavy atom. The van der Waals surface area contributed by atoms with Crippen molar-refractivity contribution in [2.75, 3.05) is 33.4 Å². The van der Waals surface area contributed by atoms with Gasteiger partial charge in [0.25, 0.3) is 0 Å². The second-order valence-electron chi connectivity index (χ2n) is 4.26. The molecule has 1 heterocycles. The smallest absolute Gasteiger partial charge is 0.189 e. The molecule has 1 saturated heterocycles. The molecule has 0 saturated carbocycles. The van der Waals surface area contributed by atoms with Gasteiger partial charge in [0.05, 0.1) is 13.7 Å². The minimum atomic E-state index is -0.0602. The third-order valence-electron chi connectivity index (χ3n) is 3.04. The van der Waals surface area contributed by atoms with E-state index in [1.807, 2.05) is 4.90 Å². The van der Waals surface area contributed by atoms with Crippen LogP contribution in [0.25, 0.3) is 0 Å². The molecule has 1 aromatic rings. The molecule has 19 heavy (non-hydrogen) atoms. The molecule has 1 fully saturated rings. The van der Waals surface area contributed by atoms with Crippen LogP contribution in [0.1, 0.15) is 10.4 Å². The zero-order valence-corrected chi connectivity index (χ0v) is 10.9. The predicted molar refractivity (Wildman–Crippen MR) is 72.1 cm³/mol. The number of β-amino-alcohol motifs (C(OH)–C–C–N with tert-alkyl or cyclic N) is 1. The van der Waals surface area contributed by atoms with Crippen LogP contribution >= 0.6 is 0 Å². The van der Waals surface area contributed by atoms with Crippen LogP contribution in [0.2, 0.25) is 0 Å². The molecule has 0 spiro atoms. The highest BCUT2D eigenvalue weighted by molar-refractivity contribution is 6.04. The Morgan fingerprint density at radius 2 is 2.21 bits per heavy atom. The van der Waals surface area contributed by atoms with Crippen LogP contribution in [0.3, 0.4) is 0 Å². The van der Waals surface area contributed by atoms with Gasteiger partial charge in [-0.3, -0.25) is 4.79 Å². The zero-order valence-electron chi connectivity index (χ0n) is 10.9. The van der Waals surface area contributed by atoms with Gasteiger partial charge in [0, 0.05) is 31.3 Å². The van der Waals surface area contributed by atoms with Gasteiger partial charge in [-0.25, -0.2) is 0 Å². The summed E-state index contributed by atoms with van der Waals surface area (Å²) in [5.41, 5.74) is 0.617. The quantitative estimate of drug-likeness (QED) is 0.601. The molecule has 0 aliphatic carbocycles. The molecule has 1 aliphatic heterocycles. The first kappa shape index (κ1) is 13.4. The molecule has 0 unspecified atom stereocenters. The van der Waals surface area contributed by atoms with Crippen molar-refractivity contribution < 1.29 is 14.6 Å². The number of aliphatic hydroxyl groups excluding tert-OH is 1. The van der Waals surface area contributed by atoms with Crippen molar-refractivity contribution in [1.82, 2.24) is 10.2 Å². The summed E-state index contributed by atoms with van der Waals surface area (Å²) in [4.78, 5) is 14.1. The molecule has 0 bridgehead atoms. The number of carbonyl (C=O) groups is 1. The lowest BCUT2D eigenvalue weighted by Gasteiger charge is -2.16. The molecule has 2 rings (SSSR count). The Bertz CT molecular complexity index is 468. The molecule has 2 N–H and O–H groups in total. The van der Waals surface area contributed by atoms with Gasteiger partial charge in [0.2, 0.25) is 0 Å². The molecule has 0 aromatic heterocycles. The number of benzene rings is 1. The number of ether oxygens (including phenoxy) is 1. The van der Waals surface area contributed by atoms with E-state index in [0.29, 0.717) is 12.1 Å². The Hall–Kier alpha value is -2.01. The van der Waals surface area contributed by atoms with Gasteiger partial charge >= 0.3 is 0 Å². The first-order chi connectivity index (χ1) is 9.24. The van der Waals surface area contributed by atoms with Gasteiger partial charge in [-0.1, -0.05) is 0 Å². The molecule has 0 atom stereocenters. The van der Waals surface area contributed by atoms with Crippen molar-refractivity contribution in [1.29, 1.82) is 0 Å². The van der Waals surface area contributed by atoms with E-state index < -0.39 is 0 Å². The lowest BCUT2D eigenvalue weighted by molar-refractivity contribution is 0.104. The number of allylic oxidation sites excluding steroid dienone is 1. The molecule has 102 valence electrons. The second-order valence-corrected chi connectivity index (χ2v) is 4.26. The molecular formula is C14H18N2O3. The Morgan fingerprint density at radius 3 is 2.84 bits per heavy atom. The molecule has 1 aliphatic rings. The SMILES string of the molecule is COc1ccc(C(=O)/C=C2\NCCN2CCO)cc1. The van der Waals surface area contributed by atoms with E-state index >= 15 is 0 Å². The van der Waals surface area contributed by atoms with Crippen molar-refractivity contribution in [3.05, 3.63) is 41.7 Å². The number of carbonyl (C=O) groups excluding carboxylic acids is 1. The second kappa shape index (κ2) is 6.24. The Labute approximate surface area is 112 Å². The summed E-state index contributed by atoms with van der Waals surface area (Å²) in [5, 5.41) is 12.1. The number of methoxy groups -OCH3 is 1. The minimum absolute atomic E-state index is 0.0602. The van der Waals surface area contributed by atoms with Gasteiger partial charge in [-0.2, -0.15) is 0 Å². The van der Waals surface area contributed by atoms with Crippen molar-refractivity contribution in [2.45, 2.75) is 0 Å². The topological polar surface area (TPSA) is 61.8 Å². The molecular weight excluding hydrogens is 244 g/mol. The Balaban J connectivity index is 2.10. The number of nitrogens with one attached hydrogen (secondary N) is 1. The summed E-state index contributed by atoms with van der Waals surface area (Å²) < 4.78 is 5.06. The van der Waals surface area contributed by atoms with Crippen LogP contribution < -0.4 is 10.1 Å². The number of hydrogen-bond acceptors (Lipinski definition) is 5. The third-order valence-corrected chi connectivity index (χ3v) is 3.04. The zero-order chi connectivity index (χ0) is 13.7. The van der Waals surface area contributed by atoms with Crippen LogP contribution in [0, 0.1) is 0 Å². The molecule has 1 aromatic carbocycles. The number of rotatable bonds is 5. The first-order valence-electron chi connectivity index (χ1n) is 6.24. The summed E-state index contributed by atoms with van der Waals surface area (Å²) in [7, 11) is 1.59. The van der Waals surface area contributed by atoms with Gasteiger partial charge < -0.3 is 20.1 Å². The number of nitrogens with zero attached hydrogens (tertiary/aromatic N) is 1. The van der Waals surface area contributed by atoms with Crippen LogP contribution in [-0.4, -0.2) is 49.1 Å². The number of ketones is 1. The summed E-state index contributed by atoms with van der Waals surface area (Å²) in [6.45, 7) is 2.22. The summed E-state index contributed by atoms with van der Waals surface area (Å²) >= 11 is 0. The number of hydrogen-bond donors (Lipinski definition) is 2. The van der Waals surface area contributed by atoms with E-state index in [-0.39, 0.29) is 12.4 Å². The summed E-state index contributed by atoms with van der Waals surface area (Å²) in [6, 6.07) is 7.01. The summed E-state index contributed by atoms with van der Waals surface area (Å²) in [6.07, 6.45) is 1.57. The van der Waals surface area contributed by atoms with E-state index in [9.17, 15) is 4.79 Å². The molecule has 0 radical (unpaired) electrons. The highest BCUT2D eigenvalue weighted by atomic mass is 16.5. The monoisotopic (exact) mass is 262 g/mol. The lowest BCUT2D eigenvalue weighted by atomic mass is 10.1. The van der Waals surface area contributed by atoms with Crippen molar-refractivity contribution in [3.63, 3.8) is 0 Å². The van der Waals surface area contributed by atoms with Crippen molar-refractivity contribution >= 4 is 5.78 Å².